The quantitative estimate of drug-likeness (QED) is 0.889. The molecule has 2 heterocycles. The van der Waals surface area contributed by atoms with Crippen LogP contribution in [0.2, 0.25) is 0 Å². The Kier molecular flexibility index (Phi) is 4.45. The Bertz CT molecular complexity index is 967. The summed E-state index contributed by atoms with van der Waals surface area (Å²) in [5.74, 6) is -0.877. The van der Waals surface area contributed by atoms with E-state index in [0.29, 0.717) is 22.9 Å². The van der Waals surface area contributed by atoms with Crippen molar-refractivity contribution in [2.24, 2.45) is 13.0 Å². The van der Waals surface area contributed by atoms with Crippen LogP contribution in [0.25, 0.3) is 10.8 Å². The maximum absolute atomic E-state index is 13.2. The lowest BCUT2D eigenvalue weighted by molar-refractivity contribution is -0.149. The van der Waals surface area contributed by atoms with Crippen LogP contribution in [0, 0.1) is 5.92 Å². The first kappa shape index (κ1) is 17.7. The van der Waals surface area contributed by atoms with Gasteiger partial charge in [-0.25, -0.2) is 9.48 Å². The van der Waals surface area contributed by atoms with Crippen molar-refractivity contribution in [2.75, 3.05) is 0 Å². The van der Waals surface area contributed by atoms with Crippen LogP contribution in [0.5, 0.6) is 0 Å². The summed E-state index contributed by atoms with van der Waals surface area (Å²) < 4.78 is 1.24. The molecular formula is C20H23N3O4. The summed E-state index contributed by atoms with van der Waals surface area (Å²) in [5, 5.41) is 15.1. The predicted molar refractivity (Wildman–Crippen MR) is 99.3 cm³/mol. The molecule has 1 N–H and O–H groups in total. The van der Waals surface area contributed by atoms with Crippen molar-refractivity contribution in [3.8, 4) is 0 Å². The fraction of sp³-hybridized carbons (Fsp3) is 0.500. The number of carboxylic acids is 1. The molecule has 1 saturated carbocycles. The topological polar surface area (TPSA) is 92.5 Å². The van der Waals surface area contributed by atoms with Gasteiger partial charge in [0.1, 0.15) is 6.04 Å². The van der Waals surface area contributed by atoms with Gasteiger partial charge < -0.3 is 10.0 Å². The molecule has 0 bridgehead atoms. The van der Waals surface area contributed by atoms with Crippen LogP contribution in [0.4, 0.5) is 0 Å². The van der Waals surface area contributed by atoms with E-state index in [2.05, 4.69) is 5.10 Å². The molecule has 1 aliphatic carbocycles. The second-order valence-corrected chi connectivity index (χ2v) is 7.60. The van der Waals surface area contributed by atoms with E-state index in [0.717, 1.165) is 25.7 Å². The van der Waals surface area contributed by atoms with Gasteiger partial charge in [0, 0.05) is 18.5 Å². The zero-order valence-electron chi connectivity index (χ0n) is 15.3. The van der Waals surface area contributed by atoms with Crippen molar-refractivity contribution in [3.63, 3.8) is 0 Å². The largest absolute Gasteiger partial charge is 0.480 e. The van der Waals surface area contributed by atoms with Crippen LogP contribution in [0.15, 0.2) is 29.1 Å². The minimum Gasteiger partial charge on any atom is -0.480 e. The number of hydrogen-bond acceptors (Lipinski definition) is 4. The molecule has 27 heavy (non-hydrogen) atoms. The number of aromatic nitrogens is 2. The molecule has 7 heteroatoms. The van der Waals surface area contributed by atoms with Gasteiger partial charge >= 0.3 is 5.97 Å². The summed E-state index contributed by atoms with van der Waals surface area (Å²) in [6, 6.07) is 6.35. The number of amides is 1. The Morgan fingerprint density at radius 1 is 1.19 bits per heavy atom. The Hall–Kier alpha value is -2.70. The van der Waals surface area contributed by atoms with Gasteiger partial charge in [0.25, 0.3) is 5.56 Å². The second-order valence-electron chi connectivity index (χ2n) is 7.60. The average Bonchev–Trinajstić information content (AvgIpc) is 3.06. The third-order valence-electron chi connectivity index (χ3n) is 6.01. The molecule has 0 unspecified atom stereocenters. The summed E-state index contributed by atoms with van der Waals surface area (Å²) in [7, 11) is 1.57. The molecule has 1 amide bonds. The van der Waals surface area contributed by atoms with Crippen molar-refractivity contribution in [2.45, 2.75) is 50.6 Å². The second kappa shape index (κ2) is 6.79. The Labute approximate surface area is 156 Å². The van der Waals surface area contributed by atoms with Crippen LogP contribution < -0.4 is 5.56 Å². The fourth-order valence-corrected chi connectivity index (χ4v) is 4.78. The number of carbonyl (C=O) groups is 2. The number of nitrogens with zero attached hydrogens (tertiary/aromatic N) is 3. The maximum atomic E-state index is 13.2. The van der Waals surface area contributed by atoms with E-state index in [9.17, 15) is 19.5 Å². The Balaban J connectivity index is 1.69. The van der Waals surface area contributed by atoms with Gasteiger partial charge in [0.2, 0.25) is 5.91 Å². The molecule has 4 rings (SSSR count). The number of likely N-dealkylation sites (tertiary alicyclic amines) is 1. The van der Waals surface area contributed by atoms with Gasteiger partial charge in [-0.3, -0.25) is 9.59 Å². The van der Waals surface area contributed by atoms with Crippen LogP contribution >= 0.6 is 0 Å². The highest BCUT2D eigenvalue weighted by atomic mass is 16.4. The van der Waals surface area contributed by atoms with Crippen LogP contribution in [0.3, 0.4) is 0 Å². The Morgan fingerprint density at radius 3 is 2.63 bits per heavy atom. The summed E-state index contributed by atoms with van der Waals surface area (Å²) in [6.45, 7) is 0. The van der Waals surface area contributed by atoms with E-state index in [-0.39, 0.29) is 29.8 Å². The summed E-state index contributed by atoms with van der Waals surface area (Å²) in [5.41, 5.74) is 0.305. The summed E-state index contributed by atoms with van der Waals surface area (Å²) in [4.78, 5) is 38.8. The first-order valence-corrected chi connectivity index (χ1v) is 9.46. The monoisotopic (exact) mass is 369 g/mol. The van der Waals surface area contributed by atoms with Gasteiger partial charge in [-0.05, 0) is 31.2 Å². The standard InChI is InChI=1S/C20H23N3O4/c1-22-19(25)14-8-4-3-7-13(14)15(21-22)11-18(24)23-16-9-5-2-6-12(16)10-17(23)20(26)27/h3-4,7-8,12,16-17H,2,5-6,9-11H2,1H3,(H,26,27)/t12-,16-,17-/m0/s1. The molecular weight excluding hydrogens is 346 g/mol. The van der Waals surface area contributed by atoms with Crippen molar-refractivity contribution in [3.05, 3.63) is 40.3 Å². The van der Waals surface area contributed by atoms with Gasteiger partial charge in [-0.1, -0.05) is 31.0 Å². The van der Waals surface area contributed by atoms with E-state index in [1.165, 1.54) is 4.68 Å². The molecule has 0 radical (unpaired) electrons. The average molecular weight is 369 g/mol. The molecule has 142 valence electrons. The molecule has 0 spiro atoms. The van der Waals surface area contributed by atoms with Crippen LogP contribution in [0.1, 0.15) is 37.8 Å². The van der Waals surface area contributed by atoms with Crippen LogP contribution in [-0.2, 0) is 23.1 Å². The Morgan fingerprint density at radius 2 is 1.89 bits per heavy atom. The molecule has 2 aromatic rings. The summed E-state index contributed by atoms with van der Waals surface area (Å²) >= 11 is 0. The highest BCUT2D eigenvalue weighted by Gasteiger charge is 2.47. The number of fused-ring (bicyclic) bond motifs is 2. The molecule has 1 aliphatic heterocycles. The number of aliphatic carboxylic acids is 1. The van der Waals surface area contributed by atoms with E-state index >= 15 is 0 Å². The highest BCUT2D eigenvalue weighted by molar-refractivity contribution is 5.90. The summed E-state index contributed by atoms with van der Waals surface area (Å²) in [6.07, 6.45) is 4.51. The third-order valence-corrected chi connectivity index (χ3v) is 6.01. The number of carbonyl (C=O) groups excluding carboxylic acids is 1. The number of benzene rings is 1. The molecule has 7 nitrogen and oxygen atoms in total. The SMILES string of the molecule is Cn1nc(CC(=O)N2[C@H](C(=O)O)C[C@@H]3CCCC[C@@H]32)c2ccccc2c1=O. The van der Waals surface area contributed by atoms with E-state index < -0.39 is 12.0 Å². The van der Waals surface area contributed by atoms with Crippen molar-refractivity contribution in [1.82, 2.24) is 14.7 Å². The van der Waals surface area contributed by atoms with Crippen molar-refractivity contribution >= 4 is 22.6 Å². The van der Waals surface area contributed by atoms with Crippen molar-refractivity contribution < 1.29 is 14.7 Å². The van der Waals surface area contributed by atoms with Gasteiger partial charge in [-0.15, -0.1) is 0 Å². The lowest BCUT2D eigenvalue weighted by Gasteiger charge is -2.33. The molecule has 3 atom stereocenters. The van der Waals surface area contributed by atoms with E-state index in [1.807, 2.05) is 6.07 Å². The number of carboxylic acid groups (broad SMARTS) is 1. The van der Waals surface area contributed by atoms with Gasteiger partial charge in [0.15, 0.2) is 0 Å². The maximum Gasteiger partial charge on any atom is 0.326 e. The molecule has 1 saturated heterocycles. The van der Waals surface area contributed by atoms with Crippen LogP contribution in [-0.4, -0.2) is 43.7 Å². The predicted octanol–water partition coefficient (Wildman–Crippen LogP) is 1.72. The smallest absolute Gasteiger partial charge is 0.326 e. The first-order chi connectivity index (χ1) is 13.0. The molecule has 1 aromatic carbocycles. The van der Waals surface area contributed by atoms with E-state index in [4.69, 9.17) is 0 Å². The highest BCUT2D eigenvalue weighted by Crippen LogP contribution is 2.40. The number of aryl methyl sites for hydroxylation is 1. The zero-order valence-corrected chi connectivity index (χ0v) is 15.3. The number of rotatable bonds is 3. The minimum absolute atomic E-state index is 0.00162. The number of hydrogen-bond donors (Lipinski definition) is 1. The molecule has 2 fully saturated rings. The minimum atomic E-state index is -0.934. The molecule has 2 aliphatic rings. The fourth-order valence-electron chi connectivity index (χ4n) is 4.78. The lowest BCUT2D eigenvalue weighted by Crippen LogP contribution is -2.47. The first-order valence-electron chi connectivity index (χ1n) is 9.46. The molecule has 1 aromatic heterocycles. The van der Waals surface area contributed by atoms with Crippen molar-refractivity contribution in [1.29, 1.82) is 0 Å². The van der Waals surface area contributed by atoms with E-state index in [1.54, 1.807) is 30.1 Å². The lowest BCUT2D eigenvalue weighted by atomic mass is 9.84. The van der Waals surface area contributed by atoms with Gasteiger partial charge in [-0.2, -0.15) is 5.10 Å². The third kappa shape index (κ3) is 3.01. The normalized spacial score (nSPS) is 24.8. The van der Waals surface area contributed by atoms with Gasteiger partial charge in [0.05, 0.1) is 17.5 Å². The zero-order chi connectivity index (χ0) is 19.1.